The van der Waals surface area contributed by atoms with Crippen LogP contribution in [0.5, 0.6) is 0 Å². The van der Waals surface area contributed by atoms with Crippen molar-refractivity contribution in [2.24, 2.45) is 11.7 Å². The number of carboxylic acids is 5. The number of amides is 8. The van der Waals surface area contributed by atoms with E-state index in [0.29, 0.717) is 61.5 Å². The second-order valence-electron chi connectivity index (χ2n) is 25.4. The molecule has 3 saturated heterocycles. The van der Waals surface area contributed by atoms with Crippen LogP contribution < -0.4 is 32.3 Å². The normalized spacial score (nSPS) is 18.3. The van der Waals surface area contributed by atoms with Gasteiger partial charge in [0.2, 0.25) is 47.3 Å². The molecule has 9 atom stereocenters. The highest BCUT2D eigenvalue weighted by molar-refractivity contribution is 7.99. The Labute approximate surface area is 595 Å². The molecule has 3 unspecified atom stereocenters. The van der Waals surface area contributed by atoms with Crippen molar-refractivity contribution in [2.75, 3.05) is 89.3 Å². The molecule has 33 heteroatoms. The zero-order chi connectivity index (χ0) is 73.4. The van der Waals surface area contributed by atoms with Gasteiger partial charge in [0.05, 0.1) is 25.1 Å². The third-order valence-corrected chi connectivity index (χ3v) is 20.8. The van der Waals surface area contributed by atoms with Crippen molar-refractivity contribution in [1.29, 1.82) is 0 Å². The zero-order valence-electron chi connectivity index (χ0n) is 57.1. The van der Waals surface area contributed by atoms with Gasteiger partial charge in [0, 0.05) is 119 Å². The van der Waals surface area contributed by atoms with Gasteiger partial charge in [-0.25, -0.2) is 4.79 Å². The van der Waals surface area contributed by atoms with Crippen LogP contribution in [0.25, 0.3) is 0 Å². The van der Waals surface area contributed by atoms with Crippen LogP contribution in [0.1, 0.15) is 120 Å². The Morgan fingerprint density at radius 1 is 0.550 bits per heavy atom. The van der Waals surface area contributed by atoms with Gasteiger partial charge in [0.25, 0.3) is 0 Å². The molecular weight excluding hydrogens is 1360 g/mol. The first-order chi connectivity index (χ1) is 47.6. The predicted molar refractivity (Wildman–Crippen MR) is 374 cm³/mol. The summed E-state index contributed by atoms with van der Waals surface area (Å²) in [7, 11) is 0. The molecule has 30 nitrogen and oxygen atoms in total. The average Bonchev–Trinajstić information content (AvgIpc) is 1.64. The molecule has 2 aromatic carbocycles. The predicted octanol–water partition coefficient (Wildman–Crippen LogP) is 1.02. The first-order valence-electron chi connectivity index (χ1n) is 33.9. The Morgan fingerprint density at radius 3 is 1.64 bits per heavy atom. The number of aliphatic hydroxyl groups excluding tert-OH is 1. The number of hydrogen-bond acceptors (Lipinski definition) is 20. The number of nitrogens with zero attached hydrogens (tertiary/aromatic N) is 5. The van der Waals surface area contributed by atoms with E-state index in [-0.39, 0.29) is 127 Å². The van der Waals surface area contributed by atoms with Crippen molar-refractivity contribution in [3.8, 4) is 0 Å². The summed E-state index contributed by atoms with van der Waals surface area (Å²) in [6.45, 7) is 6.23. The number of primary amides is 1. The number of likely N-dealkylation sites (tertiary alicyclic amines) is 2. The molecule has 13 N–H and O–H groups in total. The van der Waals surface area contributed by atoms with Gasteiger partial charge in [-0.15, -0.1) is 0 Å². The SMILES string of the molecule is CCCCCC(=O)NC(CSCc1cc(CSCCNC(=O)CCC(C(=O)O)N2CCN(CC(=O)O)CCN(CC(=O)O)CC2)cc(CSCC(NC(=O)[C@H](Cc2ccccc2)NC(=O)[C@H](CCC(=O)O)NC(=O)[C@@H](C)[C@@H](C)O)C(=O)O)c1)C(=O)N1CCC[C@H]1C(=O)N1CCC[C@H]1C(N)=O. The molecule has 554 valence electrons. The van der Waals surface area contributed by atoms with E-state index in [9.17, 15) is 93.0 Å². The molecule has 3 aliphatic heterocycles. The molecule has 0 radical (unpaired) electrons. The number of thioether (sulfide) groups is 3. The van der Waals surface area contributed by atoms with Gasteiger partial charge in [0.1, 0.15) is 42.3 Å². The summed E-state index contributed by atoms with van der Waals surface area (Å²) >= 11 is 4.02. The number of nitrogens with one attached hydrogen (secondary N) is 5. The van der Waals surface area contributed by atoms with E-state index < -0.39 is 126 Å². The fourth-order valence-corrected chi connectivity index (χ4v) is 14.7. The summed E-state index contributed by atoms with van der Waals surface area (Å²) in [4.78, 5) is 177. The van der Waals surface area contributed by atoms with Crippen molar-refractivity contribution >= 4 is 112 Å². The Morgan fingerprint density at radius 2 is 1.09 bits per heavy atom. The fraction of sp³-hybridized carbons (Fsp3) is 0.627. The molecule has 3 aliphatic rings. The Kier molecular flexibility index (Phi) is 36.0. The molecule has 0 bridgehead atoms. The van der Waals surface area contributed by atoms with Crippen LogP contribution in [-0.4, -0.2) is 270 Å². The lowest BCUT2D eigenvalue weighted by Gasteiger charge is -2.32. The van der Waals surface area contributed by atoms with E-state index in [0.717, 1.165) is 29.5 Å². The lowest BCUT2D eigenvalue weighted by atomic mass is 10.0. The number of aliphatic hydroxyl groups is 1. The van der Waals surface area contributed by atoms with Crippen molar-refractivity contribution < 1.29 is 93.0 Å². The quantitative estimate of drug-likeness (QED) is 0.0412. The Hall–Kier alpha value is -7.56. The Bertz CT molecular complexity index is 3090. The molecule has 3 fully saturated rings. The van der Waals surface area contributed by atoms with Gasteiger partial charge >= 0.3 is 29.8 Å². The van der Waals surface area contributed by atoms with Crippen LogP contribution in [0.2, 0.25) is 0 Å². The van der Waals surface area contributed by atoms with Crippen molar-refractivity contribution in [2.45, 2.75) is 170 Å². The van der Waals surface area contributed by atoms with Gasteiger partial charge in [-0.1, -0.05) is 75.2 Å². The minimum Gasteiger partial charge on any atom is -0.481 e. The summed E-state index contributed by atoms with van der Waals surface area (Å²) in [5.74, 6) is -10.4. The molecule has 0 spiro atoms. The molecule has 3 heterocycles. The maximum atomic E-state index is 14.6. The lowest BCUT2D eigenvalue weighted by molar-refractivity contribution is -0.147. The number of benzene rings is 2. The second-order valence-corrected chi connectivity index (χ2v) is 28.6. The topological polar surface area (TPSA) is 446 Å². The summed E-state index contributed by atoms with van der Waals surface area (Å²) in [6, 6.07) is 6.17. The van der Waals surface area contributed by atoms with Gasteiger partial charge in [-0.2, -0.15) is 35.3 Å². The number of carbonyl (C=O) groups is 13. The van der Waals surface area contributed by atoms with Gasteiger partial charge in [-0.05, 0) is 74.1 Å². The van der Waals surface area contributed by atoms with Gasteiger partial charge < -0.3 is 72.8 Å². The van der Waals surface area contributed by atoms with Crippen LogP contribution >= 0.6 is 35.3 Å². The number of unbranched alkanes of at least 4 members (excludes halogenated alkanes) is 2. The second kappa shape index (κ2) is 43.3. The molecule has 0 aliphatic carbocycles. The van der Waals surface area contributed by atoms with E-state index in [1.165, 1.54) is 58.9 Å². The van der Waals surface area contributed by atoms with Crippen LogP contribution in [0, 0.1) is 5.92 Å². The molecule has 8 amide bonds. The minimum atomic E-state index is -1.51. The summed E-state index contributed by atoms with van der Waals surface area (Å²) in [5, 5.41) is 72.7. The molecule has 100 heavy (non-hydrogen) atoms. The average molecular weight is 1460 g/mol. The number of aliphatic carboxylic acids is 5. The molecule has 0 saturated carbocycles. The highest BCUT2D eigenvalue weighted by Gasteiger charge is 2.43. The number of carboxylic acid groups (broad SMARTS) is 5. The van der Waals surface area contributed by atoms with Crippen LogP contribution in [-0.2, 0) is 86.0 Å². The smallest absolute Gasteiger partial charge is 0.327 e. The number of nitrogens with two attached hydrogens (primary N) is 1. The maximum absolute atomic E-state index is 14.6. The van der Waals surface area contributed by atoms with E-state index in [2.05, 4.69) is 26.6 Å². The van der Waals surface area contributed by atoms with E-state index in [1.54, 1.807) is 45.0 Å². The van der Waals surface area contributed by atoms with Crippen molar-refractivity contribution in [1.82, 2.24) is 51.1 Å². The minimum absolute atomic E-state index is 0.0766. The van der Waals surface area contributed by atoms with E-state index >= 15 is 0 Å². The molecule has 2 aromatic rings. The van der Waals surface area contributed by atoms with Crippen molar-refractivity contribution in [3.63, 3.8) is 0 Å². The van der Waals surface area contributed by atoms with Crippen LogP contribution in [0.4, 0.5) is 0 Å². The van der Waals surface area contributed by atoms with E-state index in [1.807, 2.05) is 25.1 Å². The third-order valence-electron chi connectivity index (χ3n) is 17.6. The van der Waals surface area contributed by atoms with Crippen LogP contribution in [0.3, 0.4) is 0 Å². The van der Waals surface area contributed by atoms with Crippen molar-refractivity contribution in [3.05, 3.63) is 70.8 Å². The third kappa shape index (κ3) is 28.8. The Balaban J connectivity index is 1.33. The largest absolute Gasteiger partial charge is 0.481 e. The number of hydrogen-bond donors (Lipinski definition) is 12. The number of carbonyl (C=O) groups excluding carboxylic acids is 8. The first-order valence-corrected chi connectivity index (χ1v) is 37.3. The molecule has 5 rings (SSSR count). The molecule has 0 aromatic heterocycles. The molecular formula is C67H99N11O19S3. The summed E-state index contributed by atoms with van der Waals surface area (Å²) < 4.78 is 0. The fourth-order valence-electron chi connectivity index (χ4n) is 11.9. The van der Waals surface area contributed by atoms with Crippen LogP contribution in [0.15, 0.2) is 48.5 Å². The maximum Gasteiger partial charge on any atom is 0.327 e. The highest BCUT2D eigenvalue weighted by atomic mass is 32.2. The monoisotopic (exact) mass is 1460 g/mol. The van der Waals surface area contributed by atoms with Gasteiger partial charge in [0.15, 0.2) is 0 Å². The number of rotatable bonds is 43. The first kappa shape index (κ1) is 83.1. The zero-order valence-corrected chi connectivity index (χ0v) is 59.5. The van der Waals surface area contributed by atoms with E-state index in [4.69, 9.17) is 5.73 Å². The highest BCUT2D eigenvalue weighted by Crippen LogP contribution is 2.28. The lowest BCUT2D eigenvalue weighted by Crippen LogP contribution is -2.57. The standard InChI is InChI=1S/C67H99N11O19S3/c1-4-5-7-16-56(81)70-50(64(92)78-23-11-15-53(78)65(93)77-22-10-14-52(77)60(68)88)40-99-38-46-31-45(37-98-30-21-69-55(80)19-18-54(67(96)97)76-28-26-74(35-58(84)85)24-25-75(27-29-76)36-59(86)87)32-47(33-46)39-100-41-51(66(94)95)73-63(91)49(34-44-12-8-6-9-13-44)72-62(90)48(17-20-57(82)83)71-61(89)42(2)43(3)79/h6,8-9,12-13,31-33,42-43,48-54,79H,4-5,7,10-11,14-30,34-41H2,1-3H3,(H2,68,88)(H,69,80)(H,70,81)(H,71,89)(H,72,90)(H,73,91)(H,82,83)(H,84,85)(H,86,87)(H,94,95)(H,96,97)/t42-,43+,48-,49-,50?,51?,52-,53-,54?/m0/s1. The summed E-state index contributed by atoms with van der Waals surface area (Å²) in [5.41, 5.74) is 8.62. The summed E-state index contributed by atoms with van der Waals surface area (Å²) in [6.07, 6.45) is 1.99. The van der Waals surface area contributed by atoms with Gasteiger partial charge in [-0.3, -0.25) is 72.2 Å².